The van der Waals surface area contributed by atoms with Crippen molar-refractivity contribution in [3.05, 3.63) is 48.8 Å². The molecule has 1 unspecified atom stereocenters. The van der Waals surface area contributed by atoms with Crippen molar-refractivity contribution in [2.75, 3.05) is 23.9 Å². The number of hydrogen-bond donors (Lipinski definition) is 2. The number of carbonyl (C=O) groups is 1. The highest BCUT2D eigenvalue weighted by molar-refractivity contribution is 6.00. The number of aromatic nitrogens is 3. The van der Waals surface area contributed by atoms with Crippen molar-refractivity contribution >= 4 is 17.4 Å². The second-order valence-electron chi connectivity index (χ2n) is 7.38. The molecule has 0 aliphatic carbocycles. The van der Waals surface area contributed by atoms with Crippen LogP contribution in [0.15, 0.2) is 48.8 Å². The van der Waals surface area contributed by atoms with Gasteiger partial charge in [-0.15, -0.1) is 0 Å². The average Bonchev–Trinajstić information content (AvgIpc) is 3.38. The van der Waals surface area contributed by atoms with Crippen molar-refractivity contribution in [2.45, 2.75) is 32.4 Å². The van der Waals surface area contributed by atoms with Crippen LogP contribution in [-0.4, -0.2) is 46.9 Å². The first-order valence-electron chi connectivity index (χ1n) is 9.94. The van der Waals surface area contributed by atoms with E-state index in [1.54, 1.807) is 24.4 Å². The van der Waals surface area contributed by atoms with E-state index in [1.165, 1.54) is 0 Å². The lowest BCUT2D eigenvalue weighted by atomic mass is 10.1. The number of aromatic amines is 1. The Morgan fingerprint density at radius 1 is 1.27 bits per heavy atom. The highest BCUT2D eigenvalue weighted by Crippen LogP contribution is 2.32. The molecule has 0 spiro atoms. The normalized spacial score (nSPS) is 16.2. The zero-order valence-electron chi connectivity index (χ0n) is 17.3. The number of anilines is 2. The van der Waals surface area contributed by atoms with E-state index in [0.717, 1.165) is 22.6 Å². The standard InChI is InChI=1S/C22H25N5O3/c1-14(2)30-17-6-4-5-16(11-17)25-19-9-10-27(22(19)28)20-8-7-18(21(26-20)29-3)15-12-23-24-13-15/h4-8,11-14,19,25H,9-10H2,1-3H3,(H,23,24). The predicted octanol–water partition coefficient (Wildman–Crippen LogP) is 3.48. The molecule has 1 aliphatic rings. The molecule has 0 bridgehead atoms. The minimum Gasteiger partial charge on any atom is -0.491 e. The van der Waals surface area contributed by atoms with Gasteiger partial charge < -0.3 is 14.8 Å². The van der Waals surface area contributed by atoms with E-state index >= 15 is 0 Å². The van der Waals surface area contributed by atoms with Gasteiger partial charge in [0, 0.05) is 35.6 Å². The third kappa shape index (κ3) is 4.07. The van der Waals surface area contributed by atoms with Gasteiger partial charge in [0.2, 0.25) is 5.88 Å². The molecule has 1 aromatic carbocycles. The number of ether oxygens (including phenoxy) is 2. The highest BCUT2D eigenvalue weighted by Gasteiger charge is 2.33. The van der Waals surface area contributed by atoms with E-state index in [1.807, 2.05) is 50.2 Å². The maximum absolute atomic E-state index is 13.0. The lowest BCUT2D eigenvalue weighted by Gasteiger charge is -2.18. The molecule has 8 nitrogen and oxygen atoms in total. The van der Waals surface area contributed by atoms with Crippen molar-refractivity contribution in [1.82, 2.24) is 15.2 Å². The molecule has 2 aromatic heterocycles. The zero-order chi connectivity index (χ0) is 21.1. The van der Waals surface area contributed by atoms with Crippen LogP contribution in [0.5, 0.6) is 11.6 Å². The van der Waals surface area contributed by atoms with Gasteiger partial charge in [-0.25, -0.2) is 0 Å². The molecule has 0 radical (unpaired) electrons. The molecule has 3 aromatic rings. The number of pyridine rings is 1. The lowest BCUT2D eigenvalue weighted by Crippen LogP contribution is -2.34. The predicted molar refractivity (Wildman–Crippen MR) is 115 cm³/mol. The summed E-state index contributed by atoms with van der Waals surface area (Å²) in [6, 6.07) is 11.1. The van der Waals surface area contributed by atoms with Gasteiger partial charge in [0.25, 0.3) is 5.91 Å². The van der Waals surface area contributed by atoms with E-state index in [0.29, 0.717) is 24.7 Å². The summed E-state index contributed by atoms with van der Waals surface area (Å²) in [7, 11) is 1.57. The van der Waals surface area contributed by atoms with E-state index in [-0.39, 0.29) is 18.1 Å². The van der Waals surface area contributed by atoms with Gasteiger partial charge in [-0.2, -0.15) is 10.1 Å². The average molecular weight is 407 g/mol. The number of rotatable bonds is 7. The molecule has 0 saturated carbocycles. The van der Waals surface area contributed by atoms with Crippen molar-refractivity contribution in [3.8, 4) is 22.8 Å². The van der Waals surface area contributed by atoms with Gasteiger partial charge in [0.15, 0.2) is 0 Å². The number of methoxy groups -OCH3 is 1. The Balaban J connectivity index is 1.49. The van der Waals surface area contributed by atoms with Crippen LogP contribution >= 0.6 is 0 Å². The van der Waals surface area contributed by atoms with Crippen molar-refractivity contribution in [1.29, 1.82) is 0 Å². The second-order valence-corrected chi connectivity index (χ2v) is 7.38. The van der Waals surface area contributed by atoms with Gasteiger partial charge in [-0.1, -0.05) is 6.07 Å². The molecule has 1 amide bonds. The molecule has 2 N–H and O–H groups in total. The Kier molecular flexibility index (Phi) is 5.56. The molecular formula is C22H25N5O3. The smallest absolute Gasteiger partial charge is 0.250 e. The number of carbonyl (C=O) groups excluding carboxylic acids is 1. The van der Waals surface area contributed by atoms with Crippen LogP contribution in [0.2, 0.25) is 0 Å². The summed E-state index contributed by atoms with van der Waals surface area (Å²) in [5.41, 5.74) is 2.55. The molecule has 156 valence electrons. The second kappa shape index (κ2) is 8.44. The fourth-order valence-corrected chi connectivity index (χ4v) is 3.53. The van der Waals surface area contributed by atoms with Gasteiger partial charge in [-0.3, -0.25) is 14.8 Å². The topological polar surface area (TPSA) is 92.4 Å². The third-order valence-corrected chi connectivity index (χ3v) is 4.88. The van der Waals surface area contributed by atoms with Crippen LogP contribution in [0.4, 0.5) is 11.5 Å². The number of benzene rings is 1. The van der Waals surface area contributed by atoms with Gasteiger partial charge in [0.1, 0.15) is 17.6 Å². The number of hydrogen-bond acceptors (Lipinski definition) is 6. The quantitative estimate of drug-likeness (QED) is 0.623. The third-order valence-electron chi connectivity index (χ3n) is 4.88. The van der Waals surface area contributed by atoms with Crippen LogP contribution in [0.3, 0.4) is 0 Å². The first-order chi connectivity index (χ1) is 14.5. The summed E-state index contributed by atoms with van der Waals surface area (Å²) < 4.78 is 11.2. The van der Waals surface area contributed by atoms with Crippen LogP contribution in [0.1, 0.15) is 20.3 Å². The maximum Gasteiger partial charge on any atom is 0.250 e. The summed E-state index contributed by atoms with van der Waals surface area (Å²) in [4.78, 5) is 19.3. The van der Waals surface area contributed by atoms with E-state index in [9.17, 15) is 4.79 Å². The molecular weight excluding hydrogens is 382 g/mol. The molecule has 4 rings (SSSR count). The van der Waals surface area contributed by atoms with Gasteiger partial charge in [0.05, 0.1) is 19.4 Å². The van der Waals surface area contributed by atoms with Gasteiger partial charge >= 0.3 is 0 Å². The van der Waals surface area contributed by atoms with E-state index in [2.05, 4.69) is 20.5 Å². The summed E-state index contributed by atoms with van der Waals surface area (Å²) >= 11 is 0. The molecule has 1 atom stereocenters. The minimum atomic E-state index is -0.319. The zero-order valence-corrected chi connectivity index (χ0v) is 17.3. The lowest BCUT2D eigenvalue weighted by molar-refractivity contribution is -0.117. The van der Waals surface area contributed by atoms with Crippen LogP contribution in [0, 0.1) is 0 Å². The molecule has 1 fully saturated rings. The first kappa shape index (κ1) is 19.8. The first-order valence-corrected chi connectivity index (χ1v) is 9.94. The Labute approximate surface area is 175 Å². The van der Waals surface area contributed by atoms with E-state index in [4.69, 9.17) is 9.47 Å². The number of H-pyrrole nitrogens is 1. The Morgan fingerprint density at radius 3 is 2.87 bits per heavy atom. The number of nitrogens with zero attached hydrogens (tertiary/aromatic N) is 3. The van der Waals surface area contributed by atoms with Crippen LogP contribution in [-0.2, 0) is 4.79 Å². The number of nitrogens with one attached hydrogen (secondary N) is 2. The fourth-order valence-electron chi connectivity index (χ4n) is 3.53. The van der Waals surface area contributed by atoms with Crippen LogP contribution in [0.25, 0.3) is 11.1 Å². The van der Waals surface area contributed by atoms with E-state index < -0.39 is 0 Å². The fraction of sp³-hybridized carbons (Fsp3) is 0.318. The molecule has 1 aliphatic heterocycles. The summed E-state index contributed by atoms with van der Waals surface area (Å²) in [6.45, 7) is 4.55. The summed E-state index contributed by atoms with van der Waals surface area (Å²) in [5, 5.41) is 10.1. The monoisotopic (exact) mass is 407 g/mol. The minimum absolute atomic E-state index is 0.0178. The van der Waals surface area contributed by atoms with Gasteiger partial charge in [-0.05, 0) is 44.5 Å². The molecule has 3 heterocycles. The largest absolute Gasteiger partial charge is 0.491 e. The summed E-state index contributed by atoms with van der Waals surface area (Å²) in [6.07, 6.45) is 4.26. The summed E-state index contributed by atoms with van der Waals surface area (Å²) in [5.74, 6) is 1.79. The van der Waals surface area contributed by atoms with Crippen molar-refractivity contribution < 1.29 is 14.3 Å². The maximum atomic E-state index is 13.0. The van der Waals surface area contributed by atoms with Crippen molar-refractivity contribution in [2.24, 2.45) is 0 Å². The Hall–Kier alpha value is -3.55. The Morgan fingerprint density at radius 2 is 2.13 bits per heavy atom. The van der Waals surface area contributed by atoms with Crippen LogP contribution < -0.4 is 19.7 Å². The highest BCUT2D eigenvalue weighted by atomic mass is 16.5. The molecule has 1 saturated heterocycles. The van der Waals surface area contributed by atoms with Crippen molar-refractivity contribution in [3.63, 3.8) is 0 Å². The SMILES string of the molecule is COc1nc(N2CCC(Nc3cccc(OC(C)C)c3)C2=O)ccc1-c1cn[nH]c1. The number of amides is 1. The Bertz CT molecular complexity index is 1020. The molecule has 8 heteroatoms. The molecule has 30 heavy (non-hydrogen) atoms.